The molecule has 0 aliphatic rings. The van der Waals surface area contributed by atoms with Crippen molar-refractivity contribution in [2.24, 2.45) is 0 Å². The number of nitrogens with zero attached hydrogens (tertiary/aromatic N) is 4. The summed E-state index contributed by atoms with van der Waals surface area (Å²) in [5, 5.41) is 0. The smallest absolute Gasteiger partial charge is 0.199 e. The third kappa shape index (κ3) is 3.32. The highest BCUT2D eigenvalue weighted by atomic mass is 16.5. The lowest BCUT2D eigenvalue weighted by Crippen LogP contribution is -2.10. The standard InChI is InChI=1S/C26H24N4O/c1-26(2,3)18-15-13-17(14-16-18)24-29-23-25(28-20-10-6-5-9-19(20)27-23)30(24)21-11-7-8-12-22(21)31-4/h5-16H,1-4H3. The molecule has 0 atom stereocenters. The average Bonchev–Trinajstić information content (AvgIpc) is 3.15. The molecule has 154 valence electrons. The second-order valence-corrected chi connectivity index (χ2v) is 8.63. The number of imidazole rings is 1. The van der Waals surface area contributed by atoms with Gasteiger partial charge in [-0.05, 0) is 35.2 Å². The normalized spacial score (nSPS) is 11.9. The van der Waals surface area contributed by atoms with Crippen LogP contribution in [0.2, 0.25) is 0 Å². The lowest BCUT2D eigenvalue weighted by atomic mass is 9.87. The van der Waals surface area contributed by atoms with Crippen molar-refractivity contribution >= 4 is 22.3 Å². The number of methoxy groups -OCH3 is 1. The summed E-state index contributed by atoms with van der Waals surface area (Å²) >= 11 is 0. The fourth-order valence-corrected chi connectivity index (χ4v) is 3.81. The molecule has 0 bridgehead atoms. The number of fused-ring (bicyclic) bond motifs is 2. The molecule has 0 amide bonds. The fraction of sp³-hybridized carbons (Fsp3) is 0.192. The first-order chi connectivity index (χ1) is 15.0. The Morgan fingerprint density at radius 2 is 1.39 bits per heavy atom. The van der Waals surface area contributed by atoms with Crippen molar-refractivity contribution in [3.63, 3.8) is 0 Å². The first-order valence-electron chi connectivity index (χ1n) is 10.4. The summed E-state index contributed by atoms with van der Waals surface area (Å²) in [5.41, 5.74) is 6.22. The summed E-state index contributed by atoms with van der Waals surface area (Å²) < 4.78 is 7.70. The van der Waals surface area contributed by atoms with Crippen molar-refractivity contribution in [3.8, 4) is 22.8 Å². The number of hydrogen-bond acceptors (Lipinski definition) is 4. The summed E-state index contributed by atoms with van der Waals surface area (Å²) in [7, 11) is 1.68. The van der Waals surface area contributed by atoms with Crippen LogP contribution in [0.15, 0.2) is 72.8 Å². The Morgan fingerprint density at radius 3 is 2.06 bits per heavy atom. The second kappa shape index (κ2) is 7.20. The van der Waals surface area contributed by atoms with Crippen LogP contribution in [0.25, 0.3) is 39.4 Å². The Kier molecular flexibility index (Phi) is 4.47. The van der Waals surface area contributed by atoms with Gasteiger partial charge in [-0.25, -0.2) is 15.0 Å². The van der Waals surface area contributed by atoms with Gasteiger partial charge in [0.05, 0.1) is 23.8 Å². The van der Waals surface area contributed by atoms with Gasteiger partial charge in [-0.3, -0.25) is 4.57 Å². The van der Waals surface area contributed by atoms with Gasteiger partial charge in [0.25, 0.3) is 0 Å². The molecule has 5 heteroatoms. The Morgan fingerprint density at radius 1 is 0.742 bits per heavy atom. The number of aromatic nitrogens is 4. The van der Waals surface area contributed by atoms with Crippen LogP contribution in [-0.2, 0) is 5.41 Å². The molecule has 5 aromatic rings. The molecule has 0 radical (unpaired) electrons. The van der Waals surface area contributed by atoms with Gasteiger partial charge in [0.15, 0.2) is 11.3 Å². The molecule has 5 nitrogen and oxygen atoms in total. The highest BCUT2D eigenvalue weighted by molar-refractivity contribution is 5.86. The zero-order valence-electron chi connectivity index (χ0n) is 18.1. The maximum atomic E-state index is 5.66. The molecule has 0 aliphatic heterocycles. The first kappa shape index (κ1) is 19.2. The van der Waals surface area contributed by atoms with Gasteiger partial charge in [-0.1, -0.05) is 69.3 Å². The van der Waals surface area contributed by atoms with Crippen molar-refractivity contribution in [2.45, 2.75) is 26.2 Å². The van der Waals surface area contributed by atoms with E-state index in [9.17, 15) is 0 Å². The van der Waals surface area contributed by atoms with Crippen LogP contribution < -0.4 is 4.74 Å². The molecule has 2 heterocycles. The maximum absolute atomic E-state index is 5.66. The minimum absolute atomic E-state index is 0.0855. The maximum Gasteiger partial charge on any atom is 0.199 e. The molecule has 31 heavy (non-hydrogen) atoms. The van der Waals surface area contributed by atoms with Crippen LogP contribution in [0.3, 0.4) is 0 Å². The fourth-order valence-electron chi connectivity index (χ4n) is 3.81. The van der Waals surface area contributed by atoms with Crippen LogP contribution in [0.1, 0.15) is 26.3 Å². The molecular weight excluding hydrogens is 384 g/mol. The highest BCUT2D eigenvalue weighted by Gasteiger charge is 2.20. The number of para-hydroxylation sites is 4. The molecule has 0 fully saturated rings. The van der Waals surface area contributed by atoms with Crippen LogP contribution in [0.5, 0.6) is 5.75 Å². The summed E-state index contributed by atoms with van der Waals surface area (Å²) in [4.78, 5) is 14.6. The van der Waals surface area contributed by atoms with Crippen molar-refractivity contribution in [1.82, 2.24) is 19.5 Å². The summed E-state index contributed by atoms with van der Waals surface area (Å²) in [6, 6.07) is 24.3. The summed E-state index contributed by atoms with van der Waals surface area (Å²) in [6.07, 6.45) is 0. The number of benzene rings is 3. The molecular formula is C26H24N4O. The molecule has 0 saturated heterocycles. The Labute approximate surface area is 181 Å². The lowest BCUT2D eigenvalue weighted by molar-refractivity contribution is 0.413. The molecule has 0 spiro atoms. The van der Waals surface area contributed by atoms with Crippen LogP contribution in [-0.4, -0.2) is 26.6 Å². The molecule has 0 unspecified atom stereocenters. The minimum Gasteiger partial charge on any atom is -0.495 e. The van der Waals surface area contributed by atoms with Gasteiger partial charge in [0.1, 0.15) is 11.6 Å². The van der Waals surface area contributed by atoms with E-state index >= 15 is 0 Å². The summed E-state index contributed by atoms with van der Waals surface area (Å²) in [5.74, 6) is 1.54. The zero-order chi connectivity index (χ0) is 21.6. The van der Waals surface area contributed by atoms with Crippen molar-refractivity contribution in [2.75, 3.05) is 7.11 Å². The van der Waals surface area contributed by atoms with E-state index < -0.39 is 0 Å². The van der Waals surface area contributed by atoms with Crippen molar-refractivity contribution in [3.05, 3.63) is 78.4 Å². The van der Waals surface area contributed by atoms with E-state index in [0.29, 0.717) is 11.3 Å². The highest BCUT2D eigenvalue weighted by Crippen LogP contribution is 2.33. The predicted octanol–water partition coefficient (Wildman–Crippen LogP) is 5.94. The molecule has 3 aromatic carbocycles. The van der Waals surface area contributed by atoms with Gasteiger partial charge in [0, 0.05) is 5.56 Å². The zero-order valence-corrected chi connectivity index (χ0v) is 18.1. The number of rotatable bonds is 3. The van der Waals surface area contributed by atoms with Crippen molar-refractivity contribution < 1.29 is 4.74 Å². The van der Waals surface area contributed by atoms with E-state index in [1.807, 2.05) is 53.1 Å². The monoisotopic (exact) mass is 408 g/mol. The van der Waals surface area contributed by atoms with E-state index in [1.165, 1.54) is 5.56 Å². The topological polar surface area (TPSA) is 52.8 Å². The predicted molar refractivity (Wildman–Crippen MR) is 125 cm³/mol. The van der Waals surface area contributed by atoms with E-state index in [1.54, 1.807) is 7.11 Å². The van der Waals surface area contributed by atoms with Gasteiger partial charge in [-0.2, -0.15) is 0 Å². The molecule has 0 aliphatic carbocycles. The van der Waals surface area contributed by atoms with E-state index in [-0.39, 0.29) is 5.41 Å². The second-order valence-electron chi connectivity index (χ2n) is 8.63. The number of ether oxygens (including phenoxy) is 1. The average molecular weight is 409 g/mol. The molecule has 5 rings (SSSR count). The first-order valence-corrected chi connectivity index (χ1v) is 10.4. The minimum atomic E-state index is 0.0855. The Bertz CT molecular complexity index is 1400. The number of hydrogen-bond donors (Lipinski definition) is 0. The summed E-state index contributed by atoms with van der Waals surface area (Å²) in [6.45, 7) is 6.64. The molecule has 0 N–H and O–H groups in total. The van der Waals surface area contributed by atoms with E-state index in [0.717, 1.165) is 33.9 Å². The Hall–Kier alpha value is -3.73. The Balaban J connectivity index is 1.82. The largest absolute Gasteiger partial charge is 0.495 e. The molecule has 0 saturated carbocycles. The van der Waals surface area contributed by atoms with Gasteiger partial charge >= 0.3 is 0 Å². The van der Waals surface area contributed by atoms with Crippen LogP contribution in [0.4, 0.5) is 0 Å². The quantitative estimate of drug-likeness (QED) is 0.371. The van der Waals surface area contributed by atoms with Crippen molar-refractivity contribution in [1.29, 1.82) is 0 Å². The van der Waals surface area contributed by atoms with Gasteiger partial charge in [0.2, 0.25) is 0 Å². The third-order valence-electron chi connectivity index (χ3n) is 5.51. The van der Waals surface area contributed by atoms with Crippen LogP contribution >= 0.6 is 0 Å². The van der Waals surface area contributed by atoms with Gasteiger partial charge < -0.3 is 4.74 Å². The molecule has 2 aromatic heterocycles. The third-order valence-corrected chi connectivity index (χ3v) is 5.51. The SMILES string of the molecule is COc1ccccc1-n1c(-c2ccc(C(C)(C)C)cc2)nc2nc3ccccc3nc21. The van der Waals surface area contributed by atoms with Gasteiger partial charge in [-0.15, -0.1) is 0 Å². The van der Waals surface area contributed by atoms with E-state index in [2.05, 4.69) is 45.0 Å². The van der Waals surface area contributed by atoms with E-state index in [4.69, 9.17) is 19.7 Å². The van der Waals surface area contributed by atoms with Crippen LogP contribution in [0, 0.1) is 0 Å². The lowest BCUT2D eigenvalue weighted by Gasteiger charge is -2.19.